The number of anilines is 1. The second kappa shape index (κ2) is 6.85. The van der Waals surface area contributed by atoms with Crippen molar-refractivity contribution in [3.8, 4) is 5.75 Å². The molecule has 1 unspecified atom stereocenters. The number of hydrogen-bond donors (Lipinski definition) is 1. The van der Waals surface area contributed by atoms with Crippen LogP contribution >= 0.6 is 11.6 Å². The molecule has 0 spiro atoms. The molecule has 1 amide bonds. The summed E-state index contributed by atoms with van der Waals surface area (Å²) in [7, 11) is 0. The molecule has 0 radical (unpaired) electrons. The van der Waals surface area contributed by atoms with Crippen LogP contribution in [0.25, 0.3) is 0 Å². The first-order valence-corrected chi connectivity index (χ1v) is 8.48. The number of benzene rings is 1. The number of aryl methyl sites for hydroxylation is 3. The first-order valence-electron chi connectivity index (χ1n) is 8.11. The highest BCUT2D eigenvalue weighted by molar-refractivity contribution is 6.32. The Bertz CT molecular complexity index is 747. The largest absolute Gasteiger partial charge is 0.484 e. The lowest BCUT2D eigenvalue weighted by Crippen LogP contribution is -2.21. The van der Waals surface area contributed by atoms with Crippen LogP contribution in [-0.4, -0.2) is 17.7 Å². The van der Waals surface area contributed by atoms with Crippen LogP contribution in [0.4, 0.5) is 5.88 Å². The van der Waals surface area contributed by atoms with Crippen molar-refractivity contribution in [2.75, 3.05) is 11.9 Å². The number of carbonyl (C=O) groups excluding carboxylic acids is 1. The van der Waals surface area contributed by atoms with E-state index in [1.807, 2.05) is 26.0 Å². The highest BCUT2D eigenvalue weighted by Gasteiger charge is 2.24. The van der Waals surface area contributed by atoms with E-state index in [2.05, 4.69) is 17.4 Å². The average Bonchev–Trinajstić information content (AvgIpc) is 2.92. The first-order chi connectivity index (χ1) is 11.4. The topological polar surface area (TPSA) is 64.4 Å². The minimum atomic E-state index is -0.266. The number of nitrogens with one attached hydrogen (secondary N) is 1. The lowest BCUT2D eigenvalue weighted by Gasteiger charge is -2.16. The number of rotatable bonds is 4. The maximum absolute atomic E-state index is 12.1. The van der Waals surface area contributed by atoms with Gasteiger partial charge in [-0.3, -0.25) is 10.1 Å². The molecule has 1 atom stereocenters. The summed E-state index contributed by atoms with van der Waals surface area (Å²) in [6, 6.07) is 3.64. The Balaban J connectivity index is 1.62. The minimum absolute atomic E-state index is 0.0917. The maximum Gasteiger partial charge on any atom is 0.264 e. The summed E-state index contributed by atoms with van der Waals surface area (Å²) >= 11 is 6.13. The zero-order chi connectivity index (χ0) is 17.3. The predicted molar refractivity (Wildman–Crippen MR) is 92.7 cm³/mol. The number of ether oxygens (including phenoxy) is 1. The highest BCUT2D eigenvalue weighted by Crippen LogP contribution is 2.30. The predicted octanol–water partition coefficient (Wildman–Crippen LogP) is 4.09. The molecule has 6 heteroatoms. The van der Waals surface area contributed by atoms with E-state index in [4.69, 9.17) is 20.9 Å². The summed E-state index contributed by atoms with van der Waals surface area (Å²) in [6.45, 7) is 5.91. The molecule has 2 aromatic rings. The van der Waals surface area contributed by atoms with E-state index in [9.17, 15) is 4.79 Å². The number of aromatic nitrogens is 1. The molecular formula is C18H21ClN2O3. The zero-order valence-corrected chi connectivity index (χ0v) is 14.9. The second-order valence-corrected chi connectivity index (χ2v) is 6.87. The summed E-state index contributed by atoms with van der Waals surface area (Å²) in [5, 5.41) is 7.53. The third-order valence-electron chi connectivity index (χ3n) is 4.33. The standard InChI is InChI=1S/C18H21ClN2O3/c1-10-4-5-15-14(6-10)18(24-21-15)20-16(22)9-23-13-7-11(2)17(19)12(3)8-13/h7-8,10H,4-6,9H2,1-3H3,(H,20,22). The first kappa shape index (κ1) is 16.8. The fraction of sp³-hybridized carbons (Fsp3) is 0.444. The van der Waals surface area contributed by atoms with Gasteiger partial charge in [0.15, 0.2) is 6.61 Å². The van der Waals surface area contributed by atoms with Crippen molar-refractivity contribution in [1.82, 2.24) is 5.16 Å². The van der Waals surface area contributed by atoms with E-state index < -0.39 is 0 Å². The number of nitrogens with zero attached hydrogens (tertiary/aromatic N) is 1. The molecule has 3 rings (SSSR count). The molecule has 1 N–H and O–H groups in total. The van der Waals surface area contributed by atoms with Crippen molar-refractivity contribution in [2.45, 2.75) is 40.0 Å². The van der Waals surface area contributed by atoms with Crippen molar-refractivity contribution < 1.29 is 14.1 Å². The molecule has 128 valence electrons. The fourth-order valence-electron chi connectivity index (χ4n) is 2.98. The van der Waals surface area contributed by atoms with Gasteiger partial charge in [-0.05, 0) is 62.3 Å². The Morgan fingerprint density at radius 2 is 2.12 bits per heavy atom. The summed E-state index contributed by atoms with van der Waals surface area (Å²) < 4.78 is 10.9. The highest BCUT2D eigenvalue weighted by atomic mass is 35.5. The molecular weight excluding hydrogens is 328 g/mol. The van der Waals surface area contributed by atoms with Gasteiger partial charge in [0.1, 0.15) is 5.75 Å². The van der Waals surface area contributed by atoms with Gasteiger partial charge >= 0.3 is 0 Å². The molecule has 1 aliphatic carbocycles. The van der Waals surface area contributed by atoms with Crippen molar-refractivity contribution in [3.63, 3.8) is 0 Å². The van der Waals surface area contributed by atoms with Crippen LogP contribution in [0.1, 0.15) is 35.7 Å². The smallest absolute Gasteiger partial charge is 0.264 e. The third kappa shape index (κ3) is 3.56. The van der Waals surface area contributed by atoms with Crippen molar-refractivity contribution in [3.05, 3.63) is 39.5 Å². The number of amides is 1. The van der Waals surface area contributed by atoms with Gasteiger partial charge in [-0.2, -0.15) is 0 Å². The summed E-state index contributed by atoms with van der Waals surface area (Å²) in [6.07, 6.45) is 2.88. The Hall–Kier alpha value is -2.01. The van der Waals surface area contributed by atoms with Gasteiger partial charge in [0.2, 0.25) is 5.88 Å². The van der Waals surface area contributed by atoms with E-state index in [0.29, 0.717) is 22.6 Å². The number of halogens is 1. The molecule has 0 bridgehead atoms. The Morgan fingerprint density at radius 3 is 2.83 bits per heavy atom. The van der Waals surface area contributed by atoms with E-state index in [0.717, 1.165) is 41.6 Å². The molecule has 1 aromatic carbocycles. The van der Waals surface area contributed by atoms with E-state index >= 15 is 0 Å². The van der Waals surface area contributed by atoms with Gasteiger partial charge in [0.05, 0.1) is 5.69 Å². The maximum atomic E-state index is 12.1. The van der Waals surface area contributed by atoms with Gasteiger partial charge in [0.25, 0.3) is 5.91 Å². The molecule has 0 saturated carbocycles. The number of carbonyl (C=O) groups is 1. The molecule has 5 nitrogen and oxygen atoms in total. The number of hydrogen-bond acceptors (Lipinski definition) is 4. The SMILES string of the molecule is Cc1cc(OCC(=O)Nc2onc3c2CC(C)CC3)cc(C)c1Cl. The summed E-state index contributed by atoms with van der Waals surface area (Å²) in [5.74, 6) is 1.38. The van der Waals surface area contributed by atoms with Crippen molar-refractivity contribution in [2.24, 2.45) is 5.92 Å². The van der Waals surface area contributed by atoms with Gasteiger partial charge < -0.3 is 9.26 Å². The number of fused-ring (bicyclic) bond motifs is 1. The molecule has 1 heterocycles. The Morgan fingerprint density at radius 1 is 1.42 bits per heavy atom. The quantitative estimate of drug-likeness (QED) is 0.903. The molecule has 0 saturated heterocycles. The van der Waals surface area contributed by atoms with Crippen LogP contribution in [0.5, 0.6) is 5.75 Å². The lowest BCUT2D eigenvalue weighted by molar-refractivity contribution is -0.118. The van der Waals surface area contributed by atoms with Crippen LogP contribution in [0, 0.1) is 19.8 Å². The summed E-state index contributed by atoms with van der Waals surface area (Å²) in [5.41, 5.74) is 3.81. The fourth-order valence-corrected chi connectivity index (χ4v) is 3.09. The third-order valence-corrected chi connectivity index (χ3v) is 4.93. The lowest BCUT2D eigenvalue weighted by atomic mass is 9.89. The molecule has 0 aliphatic heterocycles. The second-order valence-electron chi connectivity index (χ2n) is 6.49. The normalized spacial score (nSPS) is 16.6. The van der Waals surface area contributed by atoms with Crippen molar-refractivity contribution >= 4 is 23.4 Å². The van der Waals surface area contributed by atoms with E-state index in [1.54, 1.807) is 0 Å². The van der Waals surface area contributed by atoms with Crippen LogP contribution in [0.2, 0.25) is 5.02 Å². The van der Waals surface area contributed by atoms with Gasteiger partial charge in [-0.1, -0.05) is 23.7 Å². The monoisotopic (exact) mass is 348 g/mol. The molecule has 1 aromatic heterocycles. The van der Waals surface area contributed by atoms with Crippen LogP contribution < -0.4 is 10.1 Å². The van der Waals surface area contributed by atoms with Gasteiger partial charge in [-0.25, -0.2) is 0 Å². The van der Waals surface area contributed by atoms with Crippen molar-refractivity contribution in [1.29, 1.82) is 0 Å². The molecule has 1 aliphatic rings. The van der Waals surface area contributed by atoms with Crippen LogP contribution in [0.15, 0.2) is 16.7 Å². The van der Waals surface area contributed by atoms with Gasteiger partial charge in [-0.15, -0.1) is 0 Å². The van der Waals surface area contributed by atoms with Crippen LogP contribution in [-0.2, 0) is 17.6 Å². The Kier molecular flexibility index (Phi) is 4.81. The van der Waals surface area contributed by atoms with E-state index in [1.165, 1.54) is 0 Å². The summed E-state index contributed by atoms with van der Waals surface area (Å²) in [4.78, 5) is 12.1. The van der Waals surface area contributed by atoms with E-state index in [-0.39, 0.29) is 12.5 Å². The Labute approximate surface area is 146 Å². The average molecular weight is 349 g/mol. The molecule has 0 fully saturated rings. The molecule has 24 heavy (non-hydrogen) atoms. The zero-order valence-electron chi connectivity index (χ0n) is 14.1. The van der Waals surface area contributed by atoms with Gasteiger partial charge in [0, 0.05) is 10.6 Å². The minimum Gasteiger partial charge on any atom is -0.484 e. The van der Waals surface area contributed by atoms with Crippen LogP contribution in [0.3, 0.4) is 0 Å².